The van der Waals surface area contributed by atoms with E-state index < -0.39 is 22.1 Å². The second kappa shape index (κ2) is 6.30. The molecular formula is C11H12O7S. The number of ether oxygens (including phenoxy) is 1. The highest BCUT2D eigenvalue weighted by Gasteiger charge is 2.16. The van der Waals surface area contributed by atoms with Gasteiger partial charge >= 0.3 is 11.9 Å². The highest BCUT2D eigenvalue weighted by atomic mass is 32.2. The fourth-order valence-electron chi connectivity index (χ4n) is 1.25. The summed E-state index contributed by atoms with van der Waals surface area (Å²) in [5.74, 6) is -2.10. The number of benzene rings is 1. The molecule has 19 heavy (non-hydrogen) atoms. The van der Waals surface area contributed by atoms with Crippen LogP contribution in [0.4, 0.5) is 0 Å². The van der Waals surface area contributed by atoms with Crippen LogP contribution in [0.25, 0.3) is 0 Å². The summed E-state index contributed by atoms with van der Waals surface area (Å²) in [7, 11) is -3.59. The number of carbonyl (C=O) groups is 2. The maximum Gasteiger partial charge on any atom is 0.339 e. The number of hydrogen-bond donors (Lipinski definition) is 1. The molecular weight excluding hydrogens is 276 g/mol. The molecule has 1 N–H and O–H groups in total. The van der Waals surface area contributed by atoms with Gasteiger partial charge in [-0.2, -0.15) is 8.42 Å². The zero-order valence-electron chi connectivity index (χ0n) is 10.0. The molecule has 1 rings (SSSR count). The molecule has 1 aromatic carbocycles. The van der Waals surface area contributed by atoms with Gasteiger partial charge in [0.1, 0.15) is 13.2 Å². The monoisotopic (exact) mass is 288 g/mol. The average molecular weight is 288 g/mol. The van der Waals surface area contributed by atoms with Crippen LogP contribution >= 0.6 is 0 Å². The van der Waals surface area contributed by atoms with Gasteiger partial charge in [0.15, 0.2) is 0 Å². The predicted molar refractivity (Wildman–Crippen MR) is 64.5 cm³/mol. The topological polar surface area (TPSA) is 107 Å². The predicted octanol–water partition coefficient (Wildman–Crippen LogP) is 0.518. The molecule has 0 saturated carbocycles. The Balaban J connectivity index is 2.62. The zero-order chi connectivity index (χ0) is 14.5. The molecule has 0 saturated heterocycles. The number of carboxylic acids is 1. The van der Waals surface area contributed by atoms with Crippen molar-refractivity contribution in [3.05, 3.63) is 35.4 Å². The first-order chi connectivity index (χ1) is 8.81. The largest absolute Gasteiger partial charge is 0.478 e. The van der Waals surface area contributed by atoms with Crippen molar-refractivity contribution in [1.29, 1.82) is 0 Å². The molecule has 0 spiro atoms. The normalized spacial score (nSPS) is 11.0. The maximum atomic E-state index is 11.6. The lowest BCUT2D eigenvalue weighted by Gasteiger charge is -2.06. The summed E-state index contributed by atoms with van der Waals surface area (Å²) in [5, 5.41) is 8.88. The number of hydrogen-bond acceptors (Lipinski definition) is 6. The van der Waals surface area contributed by atoms with Crippen molar-refractivity contribution in [2.45, 2.75) is 0 Å². The molecule has 0 bridgehead atoms. The first kappa shape index (κ1) is 15.1. The fourth-order valence-corrected chi connectivity index (χ4v) is 1.62. The Morgan fingerprint density at radius 3 is 2.26 bits per heavy atom. The highest BCUT2D eigenvalue weighted by Crippen LogP contribution is 2.10. The van der Waals surface area contributed by atoms with E-state index in [9.17, 15) is 18.0 Å². The molecule has 0 atom stereocenters. The summed E-state index contributed by atoms with van der Waals surface area (Å²) in [6.45, 7) is -0.611. The van der Waals surface area contributed by atoms with Crippen LogP contribution in [0.5, 0.6) is 0 Å². The van der Waals surface area contributed by atoms with Gasteiger partial charge in [-0.05, 0) is 12.1 Å². The van der Waals surface area contributed by atoms with Crippen LogP contribution in [0.15, 0.2) is 24.3 Å². The van der Waals surface area contributed by atoms with Crippen molar-refractivity contribution in [2.24, 2.45) is 0 Å². The van der Waals surface area contributed by atoms with Gasteiger partial charge in [0.2, 0.25) is 0 Å². The van der Waals surface area contributed by atoms with E-state index in [0.717, 1.165) is 6.26 Å². The molecule has 1 aromatic rings. The quantitative estimate of drug-likeness (QED) is 0.462. The minimum atomic E-state index is -3.59. The van der Waals surface area contributed by atoms with E-state index in [2.05, 4.69) is 4.18 Å². The van der Waals surface area contributed by atoms with Crippen molar-refractivity contribution in [3.8, 4) is 0 Å². The van der Waals surface area contributed by atoms with Crippen LogP contribution in [0, 0.1) is 0 Å². The molecule has 0 fully saturated rings. The number of esters is 1. The second-order valence-corrected chi connectivity index (χ2v) is 5.16. The van der Waals surface area contributed by atoms with Crippen LogP contribution in [0.3, 0.4) is 0 Å². The van der Waals surface area contributed by atoms with Crippen molar-refractivity contribution < 1.29 is 32.0 Å². The van der Waals surface area contributed by atoms with Crippen LogP contribution in [0.1, 0.15) is 20.7 Å². The molecule has 0 aromatic heterocycles. The Bertz CT molecular complexity index is 576. The molecule has 7 nitrogen and oxygen atoms in total. The van der Waals surface area contributed by atoms with Crippen LogP contribution in [0.2, 0.25) is 0 Å². The number of rotatable bonds is 6. The van der Waals surface area contributed by atoms with Gasteiger partial charge in [-0.1, -0.05) is 12.1 Å². The van der Waals surface area contributed by atoms with E-state index >= 15 is 0 Å². The molecule has 0 amide bonds. The van der Waals surface area contributed by atoms with Crippen molar-refractivity contribution in [3.63, 3.8) is 0 Å². The molecule has 0 heterocycles. The smallest absolute Gasteiger partial charge is 0.339 e. The maximum absolute atomic E-state index is 11.6. The van der Waals surface area contributed by atoms with E-state index in [0.29, 0.717) is 0 Å². The van der Waals surface area contributed by atoms with E-state index in [1.165, 1.54) is 24.3 Å². The summed E-state index contributed by atoms with van der Waals surface area (Å²) in [5.41, 5.74) is -0.286. The fraction of sp³-hybridized carbons (Fsp3) is 0.273. The first-order valence-electron chi connectivity index (χ1n) is 5.15. The molecule has 0 aliphatic heterocycles. The second-order valence-electron chi connectivity index (χ2n) is 3.51. The van der Waals surface area contributed by atoms with Gasteiger partial charge < -0.3 is 9.84 Å². The van der Waals surface area contributed by atoms with Gasteiger partial charge in [-0.25, -0.2) is 9.59 Å². The van der Waals surface area contributed by atoms with Crippen LogP contribution < -0.4 is 0 Å². The number of carboxylic acid groups (broad SMARTS) is 1. The third-order valence-electron chi connectivity index (χ3n) is 1.99. The van der Waals surface area contributed by atoms with E-state index in [-0.39, 0.29) is 24.3 Å². The third-order valence-corrected chi connectivity index (χ3v) is 2.59. The highest BCUT2D eigenvalue weighted by molar-refractivity contribution is 7.85. The van der Waals surface area contributed by atoms with Crippen LogP contribution in [-0.2, 0) is 19.0 Å². The lowest BCUT2D eigenvalue weighted by atomic mass is 10.1. The van der Waals surface area contributed by atoms with Gasteiger partial charge in [0, 0.05) is 0 Å². The molecule has 0 radical (unpaired) electrons. The summed E-state index contributed by atoms with van der Waals surface area (Å²) in [6, 6.07) is 5.55. The Labute approximate surface area is 109 Å². The average Bonchev–Trinajstić information content (AvgIpc) is 2.33. The lowest BCUT2D eigenvalue weighted by Crippen LogP contribution is -2.15. The minimum absolute atomic E-state index is 0.102. The number of aromatic carboxylic acids is 1. The van der Waals surface area contributed by atoms with E-state index in [4.69, 9.17) is 9.84 Å². The Kier molecular flexibility index (Phi) is 5.02. The van der Waals surface area contributed by atoms with Crippen molar-refractivity contribution in [2.75, 3.05) is 19.5 Å². The summed E-state index contributed by atoms with van der Waals surface area (Å²) in [6.07, 6.45) is 0.870. The Morgan fingerprint density at radius 1 is 1.16 bits per heavy atom. The van der Waals surface area contributed by atoms with Gasteiger partial charge in [-0.3, -0.25) is 4.18 Å². The molecule has 0 unspecified atom stereocenters. The molecule has 0 aliphatic rings. The Morgan fingerprint density at radius 2 is 1.74 bits per heavy atom. The zero-order valence-corrected chi connectivity index (χ0v) is 10.8. The number of carbonyl (C=O) groups excluding carboxylic acids is 1. The SMILES string of the molecule is CS(=O)(=O)OCCOC(=O)c1ccccc1C(=O)O. The molecule has 0 aliphatic carbocycles. The summed E-state index contributed by atoms with van der Waals surface area (Å²) in [4.78, 5) is 22.5. The minimum Gasteiger partial charge on any atom is -0.478 e. The van der Waals surface area contributed by atoms with Crippen molar-refractivity contribution >= 4 is 22.1 Å². The first-order valence-corrected chi connectivity index (χ1v) is 6.97. The summed E-state index contributed by atoms with van der Waals surface area (Å²) >= 11 is 0. The van der Waals surface area contributed by atoms with Gasteiger partial charge in [0.05, 0.1) is 17.4 Å². The third kappa shape index (κ3) is 5.06. The standard InChI is InChI=1S/C11H12O7S/c1-19(15,16)18-7-6-17-11(14)9-5-3-2-4-8(9)10(12)13/h2-5H,6-7H2,1H3,(H,12,13). The summed E-state index contributed by atoms with van der Waals surface area (Å²) < 4.78 is 30.4. The van der Waals surface area contributed by atoms with Gasteiger partial charge in [-0.15, -0.1) is 0 Å². The van der Waals surface area contributed by atoms with E-state index in [1.54, 1.807) is 0 Å². The molecule has 8 heteroatoms. The lowest BCUT2D eigenvalue weighted by molar-refractivity contribution is 0.0445. The van der Waals surface area contributed by atoms with Crippen molar-refractivity contribution in [1.82, 2.24) is 0 Å². The van der Waals surface area contributed by atoms with Crippen LogP contribution in [-0.4, -0.2) is 44.9 Å². The van der Waals surface area contributed by atoms with E-state index in [1.807, 2.05) is 0 Å². The Hall–Kier alpha value is -1.93. The van der Waals surface area contributed by atoms with Gasteiger partial charge in [0.25, 0.3) is 10.1 Å². The molecule has 104 valence electrons.